The highest BCUT2D eigenvalue weighted by Gasteiger charge is 2.25. The standard InChI is InChI=1S/C17H28N2O/c1-4-8-18-11-15-10-13(2)5-6-16(15)19-9-7-14(3)17(20)12-19/h5-6,10,14,17-18,20H,4,7-9,11-12H2,1-3H3. The van der Waals surface area contributed by atoms with E-state index in [1.54, 1.807) is 0 Å². The van der Waals surface area contributed by atoms with Crippen molar-refractivity contribution in [3.05, 3.63) is 29.3 Å². The average Bonchev–Trinajstić information content (AvgIpc) is 2.43. The second-order valence-corrected chi connectivity index (χ2v) is 6.09. The lowest BCUT2D eigenvalue weighted by atomic mass is 9.95. The lowest BCUT2D eigenvalue weighted by Crippen LogP contribution is -2.43. The molecule has 1 aromatic carbocycles. The average molecular weight is 276 g/mol. The Morgan fingerprint density at radius 3 is 2.90 bits per heavy atom. The number of benzene rings is 1. The Morgan fingerprint density at radius 1 is 1.40 bits per heavy atom. The monoisotopic (exact) mass is 276 g/mol. The van der Waals surface area contributed by atoms with Crippen LogP contribution in [-0.4, -0.2) is 30.8 Å². The highest BCUT2D eigenvalue weighted by molar-refractivity contribution is 5.55. The summed E-state index contributed by atoms with van der Waals surface area (Å²) in [6, 6.07) is 6.65. The van der Waals surface area contributed by atoms with Crippen molar-refractivity contribution in [2.24, 2.45) is 5.92 Å². The van der Waals surface area contributed by atoms with Gasteiger partial charge in [0.05, 0.1) is 6.10 Å². The van der Waals surface area contributed by atoms with Crippen LogP contribution in [-0.2, 0) is 6.54 Å². The summed E-state index contributed by atoms with van der Waals surface area (Å²) in [5.74, 6) is 0.415. The van der Waals surface area contributed by atoms with E-state index in [2.05, 4.69) is 49.2 Å². The van der Waals surface area contributed by atoms with Gasteiger partial charge in [-0.3, -0.25) is 0 Å². The Kier molecular flexibility index (Phi) is 5.44. The normalized spacial score (nSPS) is 23.1. The molecule has 1 saturated heterocycles. The maximum absolute atomic E-state index is 10.1. The minimum absolute atomic E-state index is 0.207. The van der Waals surface area contributed by atoms with Gasteiger partial charge in [0.1, 0.15) is 0 Å². The molecule has 1 fully saturated rings. The zero-order valence-corrected chi connectivity index (χ0v) is 13.0. The molecule has 2 N–H and O–H groups in total. The highest BCUT2D eigenvalue weighted by atomic mass is 16.3. The van der Waals surface area contributed by atoms with Crippen LogP contribution < -0.4 is 10.2 Å². The van der Waals surface area contributed by atoms with Crippen LogP contribution in [0.25, 0.3) is 0 Å². The molecule has 0 bridgehead atoms. The van der Waals surface area contributed by atoms with Gasteiger partial charge in [-0.2, -0.15) is 0 Å². The fourth-order valence-corrected chi connectivity index (χ4v) is 2.83. The van der Waals surface area contributed by atoms with Crippen LogP contribution in [0, 0.1) is 12.8 Å². The predicted molar refractivity (Wildman–Crippen MR) is 85.2 cm³/mol. The summed E-state index contributed by atoms with van der Waals surface area (Å²) in [4.78, 5) is 2.34. The van der Waals surface area contributed by atoms with Crippen molar-refractivity contribution in [3.8, 4) is 0 Å². The van der Waals surface area contributed by atoms with E-state index in [1.165, 1.54) is 16.8 Å². The second-order valence-electron chi connectivity index (χ2n) is 6.09. The van der Waals surface area contributed by atoms with E-state index < -0.39 is 0 Å². The molecule has 20 heavy (non-hydrogen) atoms. The summed E-state index contributed by atoms with van der Waals surface area (Å²) in [6.45, 7) is 10.2. The van der Waals surface area contributed by atoms with Crippen molar-refractivity contribution in [1.82, 2.24) is 5.32 Å². The molecule has 2 unspecified atom stereocenters. The number of nitrogens with one attached hydrogen (secondary N) is 1. The van der Waals surface area contributed by atoms with Crippen LogP contribution >= 0.6 is 0 Å². The van der Waals surface area contributed by atoms with Crippen LogP contribution in [0.1, 0.15) is 37.8 Å². The van der Waals surface area contributed by atoms with E-state index >= 15 is 0 Å². The number of anilines is 1. The van der Waals surface area contributed by atoms with Crippen LogP contribution in [0.15, 0.2) is 18.2 Å². The number of aryl methyl sites for hydroxylation is 1. The first kappa shape index (κ1) is 15.3. The third-order valence-corrected chi connectivity index (χ3v) is 4.24. The molecule has 0 aromatic heterocycles. The van der Waals surface area contributed by atoms with Gasteiger partial charge in [0, 0.05) is 25.3 Å². The van der Waals surface area contributed by atoms with Gasteiger partial charge < -0.3 is 15.3 Å². The Bertz CT molecular complexity index is 433. The second kappa shape index (κ2) is 7.09. The molecule has 2 rings (SSSR count). The number of β-amino-alcohol motifs (C(OH)–C–C–N with tert-alkyl or cyclic N) is 1. The first-order chi connectivity index (χ1) is 9.61. The highest BCUT2D eigenvalue weighted by Crippen LogP contribution is 2.27. The first-order valence-corrected chi connectivity index (χ1v) is 7.85. The van der Waals surface area contributed by atoms with Gasteiger partial charge >= 0.3 is 0 Å². The predicted octanol–water partition coefficient (Wildman–Crippen LogP) is 2.70. The Hall–Kier alpha value is -1.06. The van der Waals surface area contributed by atoms with Crippen molar-refractivity contribution >= 4 is 5.69 Å². The topological polar surface area (TPSA) is 35.5 Å². The molecule has 1 aliphatic rings. The number of hydrogen-bond acceptors (Lipinski definition) is 3. The summed E-state index contributed by atoms with van der Waals surface area (Å²) < 4.78 is 0. The van der Waals surface area contributed by atoms with E-state index in [0.717, 1.165) is 39.0 Å². The maximum Gasteiger partial charge on any atom is 0.0741 e. The summed E-state index contributed by atoms with van der Waals surface area (Å²) in [5, 5.41) is 13.6. The molecule has 0 aliphatic carbocycles. The fraction of sp³-hybridized carbons (Fsp3) is 0.647. The Morgan fingerprint density at radius 2 is 2.20 bits per heavy atom. The smallest absolute Gasteiger partial charge is 0.0741 e. The molecule has 1 heterocycles. The van der Waals surface area contributed by atoms with Gasteiger partial charge in [-0.1, -0.05) is 31.5 Å². The molecule has 0 amide bonds. The number of hydrogen-bond donors (Lipinski definition) is 2. The van der Waals surface area contributed by atoms with Gasteiger partial charge in [-0.15, -0.1) is 0 Å². The largest absolute Gasteiger partial charge is 0.391 e. The molecule has 0 saturated carbocycles. The summed E-state index contributed by atoms with van der Waals surface area (Å²) in [7, 11) is 0. The van der Waals surface area contributed by atoms with Crippen molar-refractivity contribution in [2.75, 3.05) is 24.5 Å². The summed E-state index contributed by atoms with van der Waals surface area (Å²) in [6.07, 6.45) is 2.01. The quantitative estimate of drug-likeness (QED) is 0.812. The number of nitrogens with zero attached hydrogens (tertiary/aromatic N) is 1. The van der Waals surface area contributed by atoms with Crippen LogP contribution in [0.3, 0.4) is 0 Å². The number of piperidine rings is 1. The molecule has 1 aliphatic heterocycles. The van der Waals surface area contributed by atoms with E-state index in [9.17, 15) is 5.11 Å². The molecule has 3 heteroatoms. The molecule has 3 nitrogen and oxygen atoms in total. The van der Waals surface area contributed by atoms with Gasteiger partial charge in [-0.05, 0) is 43.9 Å². The lowest BCUT2D eigenvalue weighted by molar-refractivity contribution is 0.103. The van der Waals surface area contributed by atoms with E-state index in [-0.39, 0.29) is 6.10 Å². The molecule has 0 spiro atoms. The molecule has 2 atom stereocenters. The van der Waals surface area contributed by atoms with E-state index in [1.807, 2.05) is 0 Å². The molecule has 112 valence electrons. The summed E-state index contributed by atoms with van der Waals surface area (Å²) >= 11 is 0. The number of aliphatic hydroxyl groups is 1. The Balaban J connectivity index is 2.13. The molecule has 1 aromatic rings. The van der Waals surface area contributed by atoms with Crippen molar-refractivity contribution in [3.63, 3.8) is 0 Å². The molecular weight excluding hydrogens is 248 g/mol. The Labute approximate surface area is 123 Å². The lowest BCUT2D eigenvalue weighted by Gasteiger charge is -2.37. The number of rotatable bonds is 5. The maximum atomic E-state index is 10.1. The third kappa shape index (κ3) is 3.74. The minimum Gasteiger partial charge on any atom is -0.391 e. The first-order valence-electron chi connectivity index (χ1n) is 7.85. The van der Waals surface area contributed by atoms with Crippen molar-refractivity contribution < 1.29 is 5.11 Å². The van der Waals surface area contributed by atoms with Gasteiger partial charge in [0.15, 0.2) is 0 Å². The van der Waals surface area contributed by atoms with E-state index in [4.69, 9.17) is 0 Å². The zero-order valence-electron chi connectivity index (χ0n) is 13.0. The zero-order chi connectivity index (χ0) is 14.5. The van der Waals surface area contributed by atoms with E-state index in [0.29, 0.717) is 5.92 Å². The number of aliphatic hydroxyl groups excluding tert-OH is 1. The fourth-order valence-electron chi connectivity index (χ4n) is 2.83. The van der Waals surface area contributed by atoms with Gasteiger partial charge in [-0.25, -0.2) is 0 Å². The van der Waals surface area contributed by atoms with Crippen LogP contribution in [0.4, 0.5) is 5.69 Å². The third-order valence-electron chi connectivity index (χ3n) is 4.24. The van der Waals surface area contributed by atoms with Crippen molar-refractivity contribution in [1.29, 1.82) is 0 Å². The van der Waals surface area contributed by atoms with Gasteiger partial charge in [0.25, 0.3) is 0 Å². The van der Waals surface area contributed by atoms with Crippen LogP contribution in [0.5, 0.6) is 0 Å². The van der Waals surface area contributed by atoms with Crippen molar-refractivity contribution in [2.45, 2.75) is 46.3 Å². The van der Waals surface area contributed by atoms with Crippen LogP contribution in [0.2, 0.25) is 0 Å². The van der Waals surface area contributed by atoms with Gasteiger partial charge in [0.2, 0.25) is 0 Å². The molecular formula is C17H28N2O. The SMILES string of the molecule is CCCNCc1cc(C)ccc1N1CCC(C)C(O)C1. The minimum atomic E-state index is -0.207. The molecule has 0 radical (unpaired) electrons. The summed E-state index contributed by atoms with van der Waals surface area (Å²) in [5.41, 5.74) is 3.93.